The summed E-state index contributed by atoms with van der Waals surface area (Å²) < 4.78 is 25.9. The van der Waals surface area contributed by atoms with Crippen molar-refractivity contribution in [1.82, 2.24) is 4.72 Å². The molecule has 0 aliphatic carbocycles. The third kappa shape index (κ3) is 3.30. The van der Waals surface area contributed by atoms with Crippen LogP contribution in [0.25, 0.3) is 0 Å². The van der Waals surface area contributed by atoms with Gasteiger partial charge >= 0.3 is 0 Å². The maximum Gasteiger partial charge on any atom is 0.240 e. The first-order chi connectivity index (χ1) is 6.95. The van der Waals surface area contributed by atoms with Gasteiger partial charge in [0.05, 0.1) is 4.90 Å². The van der Waals surface area contributed by atoms with Crippen molar-refractivity contribution in [2.45, 2.75) is 31.3 Å². The zero-order valence-corrected chi connectivity index (χ0v) is 9.71. The van der Waals surface area contributed by atoms with Crippen LogP contribution in [0.3, 0.4) is 0 Å². The highest BCUT2D eigenvalue weighted by atomic mass is 32.2. The number of nitrogens with one attached hydrogen (secondary N) is 1. The van der Waals surface area contributed by atoms with Gasteiger partial charge in [-0.05, 0) is 31.5 Å². The molecule has 0 amide bonds. The zero-order chi connectivity index (χ0) is 11.5. The molecule has 0 aliphatic rings. The van der Waals surface area contributed by atoms with Gasteiger partial charge in [0.2, 0.25) is 10.0 Å². The number of hydrogen-bond donors (Lipinski definition) is 2. The van der Waals surface area contributed by atoms with Crippen molar-refractivity contribution < 1.29 is 8.42 Å². The van der Waals surface area contributed by atoms with Gasteiger partial charge in [-0.15, -0.1) is 0 Å². The standard InChI is InChI=1S/C10H16N2O2S/c1-8(2)12-15(13,14)10-5-3-9(7-11)4-6-10/h3-6,8,12H,7,11H2,1-2H3. The van der Waals surface area contributed by atoms with Crippen LogP contribution in [0.2, 0.25) is 0 Å². The predicted molar refractivity (Wildman–Crippen MR) is 59.8 cm³/mol. The zero-order valence-electron chi connectivity index (χ0n) is 8.90. The lowest BCUT2D eigenvalue weighted by molar-refractivity contribution is 0.570. The van der Waals surface area contributed by atoms with E-state index in [-0.39, 0.29) is 10.9 Å². The minimum Gasteiger partial charge on any atom is -0.326 e. The van der Waals surface area contributed by atoms with Crippen LogP contribution in [0, 0.1) is 0 Å². The van der Waals surface area contributed by atoms with E-state index in [0.29, 0.717) is 6.54 Å². The molecule has 0 saturated heterocycles. The van der Waals surface area contributed by atoms with Gasteiger partial charge in [-0.2, -0.15) is 0 Å². The third-order valence-electron chi connectivity index (χ3n) is 1.86. The van der Waals surface area contributed by atoms with Gasteiger partial charge < -0.3 is 5.73 Å². The summed E-state index contributed by atoms with van der Waals surface area (Å²) in [5.41, 5.74) is 6.34. The normalized spacial score (nSPS) is 12.0. The Labute approximate surface area is 90.5 Å². The van der Waals surface area contributed by atoms with Gasteiger partial charge in [0.15, 0.2) is 0 Å². The molecule has 0 atom stereocenters. The van der Waals surface area contributed by atoms with E-state index in [1.165, 1.54) is 0 Å². The molecule has 1 aromatic carbocycles. The second-order valence-corrected chi connectivity index (χ2v) is 5.34. The second kappa shape index (κ2) is 4.74. The molecule has 0 bridgehead atoms. The molecule has 3 N–H and O–H groups in total. The first-order valence-corrected chi connectivity index (χ1v) is 6.25. The topological polar surface area (TPSA) is 72.2 Å². The quantitative estimate of drug-likeness (QED) is 0.802. The third-order valence-corrected chi connectivity index (χ3v) is 3.53. The van der Waals surface area contributed by atoms with Crippen LogP contribution in [0.15, 0.2) is 29.2 Å². The van der Waals surface area contributed by atoms with E-state index >= 15 is 0 Å². The van der Waals surface area contributed by atoms with Crippen LogP contribution in [0.5, 0.6) is 0 Å². The summed E-state index contributed by atoms with van der Waals surface area (Å²) >= 11 is 0. The molecule has 84 valence electrons. The van der Waals surface area contributed by atoms with Gasteiger partial charge in [0.1, 0.15) is 0 Å². The highest BCUT2D eigenvalue weighted by molar-refractivity contribution is 7.89. The highest BCUT2D eigenvalue weighted by Crippen LogP contribution is 2.10. The number of hydrogen-bond acceptors (Lipinski definition) is 3. The first-order valence-electron chi connectivity index (χ1n) is 4.77. The SMILES string of the molecule is CC(C)NS(=O)(=O)c1ccc(CN)cc1. The van der Waals surface area contributed by atoms with Crippen LogP contribution in [-0.4, -0.2) is 14.5 Å². The summed E-state index contributed by atoms with van der Waals surface area (Å²) in [7, 11) is -3.38. The van der Waals surface area contributed by atoms with Crippen LogP contribution >= 0.6 is 0 Å². The minimum absolute atomic E-state index is 0.107. The molecule has 0 aliphatic heterocycles. The lowest BCUT2D eigenvalue weighted by Gasteiger charge is -2.09. The van der Waals surface area contributed by atoms with E-state index in [2.05, 4.69) is 4.72 Å². The minimum atomic E-state index is -3.38. The number of sulfonamides is 1. The Kier molecular flexibility index (Phi) is 3.84. The summed E-state index contributed by atoms with van der Waals surface area (Å²) in [5, 5.41) is 0. The van der Waals surface area contributed by atoms with E-state index in [4.69, 9.17) is 5.73 Å². The molecule has 0 aromatic heterocycles. The van der Waals surface area contributed by atoms with Gasteiger partial charge in [0, 0.05) is 12.6 Å². The van der Waals surface area contributed by atoms with Crippen molar-refractivity contribution in [2.75, 3.05) is 0 Å². The Morgan fingerprint density at radius 2 is 1.80 bits per heavy atom. The van der Waals surface area contributed by atoms with Crippen LogP contribution in [-0.2, 0) is 16.6 Å². The molecule has 0 heterocycles. The average Bonchev–Trinajstić information content (AvgIpc) is 2.16. The maximum absolute atomic E-state index is 11.7. The van der Waals surface area contributed by atoms with Crippen molar-refractivity contribution in [3.63, 3.8) is 0 Å². The Balaban J connectivity index is 2.96. The Morgan fingerprint density at radius 3 is 2.20 bits per heavy atom. The molecule has 1 aromatic rings. The fourth-order valence-electron chi connectivity index (χ4n) is 1.18. The Morgan fingerprint density at radius 1 is 1.27 bits per heavy atom. The molecule has 4 nitrogen and oxygen atoms in total. The first kappa shape index (κ1) is 12.2. The van der Waals surface area contributed by atoms with Crippen LogP contribution in [0.4, 0.5) is 0 Å². The van der Waals surface area contributed by atoms with Crippen molar-refractivity contribution in [3.8, 4) is 0 Å². The molecule has 0 spiro atoms. The molecule has 0 saturated carbocycles. The lowest BCUT2D eigenvalue weighted by Crippen LogP contribution is -2.30. The van der Waals surface area contributed by atoms with Gasteiger partial charge in [-0.1, -0.05) is 12.1 Å². The van der Waals surface area contributed by atoms with Crippen molar-refractivity contribution in [3.05, 3.63) is 29.8 Å². The molecular formula is C10H16N2O2S. The number of nitrogens with two attached hydrogens (primary N) is 1. The summed E-state index contributed by atoms with van der Waals surface area (Å²) in [6.07, 6.45) is 0. The van der Waals surface area contributed by atoms with E-state index in [9.17, 15) is 8.42 Å². The lowest BCUT2D eigenvalue weighted by atomic mass is 10.2. The summed E-state index contributed by atoms with van der Waals surface area (Å²) in [6.45, 7) is 3.98. The fourth-order valence-corrected chi connectivity index (χ4v) is 2.43. The van der Waals surface area contributed by atoms with E-state index in [0.717, 1.165) is 5.56 Å². The second-order valence-electron chi connectivity index (χ2n) is 3.62. The summed E-state index contributed by atoms with van der Waals surface area (Å²) in [4.78, 5) is 0.272. The van der Waals surface area contributed by atoms with Crippen molar-refractivity contribution in [2.24, 2.45) is 5.73 Å². The van der Waals surface area contributed by atoms with Crippen molar-refractivity contribution >= 4 is 10.0 Å². The largest absolute Gasteiger partial charge is 0.326 e. The maximum atomic E-state index is 11.7. The molecule has 15 heavy (non-hydrogen) atoms. The predicted octanol–water partition coefficient (Wildman–Crippen LogP) is 0.832. The Bertz CT molecular complexity index is 410. The molecule has 1 rings (SSSR count). The van der Waals surface area contributed by atoms with E-state index < -0.39 is 10.0 Å². The molecular weight excluding hydrogens is 212 g/mol. The molecule has 0 fully saturated rings. The average molecular weight is 228 g/mol. The van der Waals surface area contributed by atoms with Crippen LogP contribution < -0.4 is 10.5 Å². The fraction of sp³-hybridized carbons (Fsp3) is 0.400. The molecule has 0 unspecified atom stereocenters. The van der Waals surface area contributed by atoms with E-state index in [1.54, 1.807) is 38.1 Å². The summed E-state index contributed by atoms with van der Waals surface area (Å²) in [6, 6.07) is 6.45. The van der Waals surface area contributed by atoms with E-state index in [1.807, 2.05) is 0 Å². The highest BCUT2D eigenvalue weighted by Gasteiger charge is 2.14. The molecule has 0 radical (unpaired) electrons. The number of rotatable bonds is 4. The van der Waals surface area contributed by atoms with Gasteiger partial charge in [0.25, 0.3) is 0 Å². The van der Waals surface area contributed by atoms with Crippen LogP contribution in [0.1, 0.15) is 19.4 Å². The monoisotopic (exact) mass is 228 g/mol. The molecule has 5 heteroatoms. The van der Waals surface area contributed by atoms with Crippen molar-refractivity contribution in [1.29, 1.82) is 0 Å². The number of benzene rings is 1. The van der Waals surface area contributed by atoms with Gasteiger partial charge in [-0.3, -0.25) is 0 Å². The van der Waals surface area contributed by atoms with Gasteiger partial charge in [-0.25, -0.2) is 13.1 Å². The summed E-state index contributed by atoms with van der Waals surface area (Å²) in [5.74, 6) is 0. The smallest absolute Gasteiger partial charge is 0.240 e. The Hall–Kier alpha value is -0.910.